The molecule has 1 unspecified atom stereocenters. The highest BCUT2D eigenvalue weighted by Crippen LogP contribution is 2.18. The van der Waals surface area contributed by atoms with E-state index in [1.54, 1.807) is 6.07 Å². The first-order valence-corrected chi connectivity index (χ1v) is 6.63. The summed E-state index contributed by atoms with van der Waals surface area (Å²) in [6, 6.07) is 11.3. The van der Waals surface area contributed by atoms with Crippen molar-refractivity contribution >= 4 is 5.95 Å². The van der Waals surface area contributed by atoms with E-state index in [-0.39, 0.29) is 12.6 Å². The monoisotopic (exact) mass is 289 g/mol. The largest absolute Gasteiger partial charge is 0.481 e. The van der Waals surface area contributed by atoms with Gasteiger partial charge in [0.2, 0.25) is 17.7 Å². The summed E-state index contributed by atoms with van der Waals surface area (Å²) in [6.07, 6.45) is 0.667. The Hall–Kier alpha value is -2.34. The van der Waals surface area contributed by atoms with Gasteiger partial charge in [-0.05, 0) is 12.0 Å². The maximum absolute atomic E-state index is 9.52. The Bertz CT molecular complexity index is 541. The van der Waals surface area contributed by atoms with Crippen LogP contribution in [-0.4, -0.2) is 41.9 Å². The van der Waals surface area contributed by atoms with Crippen LogP contribution in [0, 0.1) is 0 Å². The first-order valence-electron chi connectivity index (χ1n) is 6.63. The highest BCUT2D eigenvalue weighted by Gasteiger charge is 2.12. The van der Waals surface area contributed by atoms with E-state index in [2.05, 4.69) is 15.3 Å². The summed E-state index contributed by atoms with van der Waals surface area (Å²) in [5.74, 6) is 1.17. The lowest BCUT2D eigenvalue weighted by Gasteiger charge is -2.17. The predicted molar refractivity (Wildman–Crippen MR) is 79.8 cm³/mol. The molecule has 0 saturated heterocycles. The quantitative estimate of drug-likeness (QED) is 0.804. The summed E-state index contributed by atoms with van der Waals surface area (Å²) in [5.41, 5.74) is 1.12. The van der Waals surface area contributed by atoms with Crippen molar-refractivity contribution in [3.8, 4) is 11.8 Å². The standard InChI is InChI=1S/C15H19N3O3/c1-20-13-9-14(21-2)18-15(17-13)16-12(10-19)8-11-6-4-3-5-7-11/h3-7,9,12,19H,8,10H2,1-2H3,(H,16,17,18). The van der Waals surface area contributed by atoms with Crippen molar-refractivity contribution in [3.05, 3.63) is 42.0 Å². The summed E-state index contributed by atoms with van der Waals surface area (Å²) in [6.45, 7) is -0.0300. The Kier molecular flexibility index (Phi) is 5.34. The van der Waals surface area contributed by atoms with Crippen molar-refractivity contribution in [1.29, 1.82) is 0 Å². The Labute approximate surface area is 123 Å². The van der Waals surface area contributed by atoms with Gasteiger partial charge in [0, 0.05) is 0 Å². The minimum Gasteiger partial charge on any atom is -0.481 e. The van der Waals surface area contributed by atoms with Gasteiger partial charge in [0.15, 0.2) is 0 Å². The Morgan fingerprint density at radius 2 is 1.71 bits per heavy atom. The maximum atomic E-state index is 9.52. The van der Waals surface area contributed by atoms with Crippen molar-refractivity contribution in [2.24, 2.45) is 0 Å². The van der Waals surface area contributed by atoms with E-state index < -0.39 is 0 Å². The summed E-state index contributed by atoms with van der Waals surface area (Å²) < 4.78 is 10.2. The number of ether oxygens (including phenoxy) is 2. The molecule has 1 aromatic carbocycles. The average molecular weight is 289 g/mol. The Morgan fingerprint density at radius 3 is 2.24 bits per heavy atom. The van der Waals surface area contributed by atoms with Crippen LogP contribution in [0.2, 0.25) is 0 Å². The number of hydrogen-bond donors (Lipinski definition) is 2. The topological polar surface area (TPSA) is 76.5 Å². The van der Waals surface area contributed by atoms with Gasteiger partial charge in [-0.2, -0.15) is 9.97 Å². The molecule has 0 fully saturated rings. The highest BCUT2D eigenvalue weighted by atomic mass is 16.5. The van der Waals surface area contributed by atoms with E-state index in [1.807, 2.05) is 30.3 Å². The van der Waals surface area contributed by atoms with E-state index in [4.69, 9.17) is 9.47 Å². The van der Waals surface area contributed by atoms with Gasteiger partial charge in [0.05, 0.1) is 32.9 Å². The number of rotatable bonds is 7. The maximum Gasteiger partial charge on any atom is 0.229 e. The third-order valence-electron chi connectivity index (χ3n) is 2.98. The Balaban J connectivity index is 2.11. The Morgan fingerprint density at radius 1 is 1.10 bits per heavy atom. The molecule has 2 N–H and O–H groups in total. The van der Waals surface area contributed by atoms with Crippen molar-refractivity contribution in [1.82, 2.24) is 9.97 Å². The molecule has 21 heavy (non-hydrogen) atoms. The third kappa shape index (κ3) is 4.32. The van der Waals surface area contributed by atoms with Crippen LogP contribution in [0.25, 0.3) is 0 Å². The molecule has 2 rings (SSSR count). The minimum absolute atomic E-state index is 0.0300. The molecule has 1 aromatic heterocycles. The fourth-order valence-corrected chi connectivity index (χ4v) is 1.92. The fourth-order valence-electron chi connectivity index (χ4n) is 1.92. The molecule has 1 atom stereocenters. The third-order valence-corrected chi connectivity index (χ3v) is 2.98. The van der Waals surface area contributed by atoms with Crippen molar-refractivity contribution in [3.63, 3.8) is 0 Å². The van der Waals surface area contributed by atoms with Gasteiger partial charge in [-0.15, -0.1) is 0 Å². The highest BCUT2D eigenvalue weighted by molar-refractivity contribution is 5.35. The number of nitrogens with zero attached hydrogens (tertiary/aromatic N) is 2. The van der Waals surface area contributed by atoms with Gasteiger partial charge in [-0.25, -0.2) is 0 Å². The zero-order chi connectivity index (χ0) is 15.1. The van der Waals surface area contributed by atoms with Gasteiger partial charge in [0.25, 0.3) is 0 Å². The van der Waals surface area contributed by atoms with Crippen LogP contribution in [0.3, 0.4) is 0 Å². The minimum atomic E-state index is -0.191. The van der Waals surface area contributed by atoms with E-state index in [0.29, 0.717) is 24.1 Å². The summed E-state index contributed by atoms with van der Waals surface area (Å²) in [4.78, 5) is 8.39. The first-order chi connectivity index (χ1) is 10.2. The summed E-state index contributed by atoms with van der Waals surface area (Å²) >= 11 is 0. The van der Waals surface area contributed by atoms with Gasteiger partial charge in [0.1, 0.15) is 0 Å². The summed E-state index contributed by atoms with van der Waals surface area (Å²) in [5, 5.41) is 12.6. The van der Waals surface area contributed by atoms with Crippen LogP contribution in [0.1, 0.15) is 5.56 Å². The first kappa shape index (κ1) is 15.1. The molecule has 112 valence electrons. The van der Waals surface area contributed by atoms with E-state index in [1.165, 1.54) is 14.2 Å². The molecular formula is C15H19N3O3. The van der Waals surface area contributed by atoms with E-state index >= 15 is 0 Å². The molecule has 0 aliphatic heterocycles. The lowest BCUT2D eigenvalue weighted by molar-refractivity contribution is 0.273. The zero-order valence-electron chi connectivity index (χ0n) is 12.1. The normalized spacial score (nSPS) is 11.8. The fraction of sp³-hybridized carbons (Fsp3) is 0.333. The second-order valence-corrected chi connectivity index (χ2v) is 4.49. The van der Waals surface area contributed by atoms with Crippen LogP contribution in [-0.2, 0) is 6.42 Å². The molecule has 2 aromatic rings. The van der Waals surface area contributed by atoms with Crippen molar-refractivity contribution in [2.75, 3.05) is 26.1 Å². The van der Waals surface area contributed by atoms with Crippen LogP contribution >= 0.6 is 0 Å². The zero-order valence-corrected chi connectivity index (χ0v) is 12.1. The molecule has 6 nitrogen and oxygen atoms in total. The lowest BCUT2D eigenvalue weighted by atomic mass is 10.1. The smallest absolute Gasteiger partial charge is 0.229 e. The molecule has 0 saturated carbocycles. The number of anilines is 1. The number of benzene rings is 1. The molecular weight excluding hydrogens is 270 g/mol. The van der Waals surface area contributed by atoms with Crippen LogP contribution in [0.15, 0.2) is 36.4 Å². The van der Waals surface area contributed by atoms with Crippen LogP contribution in [0.4, 0.5) is 5.95 Å². The van der Waals surface area contributed by atoms with Crippen LogP contribution < -0.4 is 14.8 Å². The second kappa shape index (κ2) is 7.44. The van der Waals surface area contributed by atoms with Gasteiger partial charge in [-0.1, -0.05) is 30.3 Å². The molecule has 0 radical (unpaired) electrons. The van der Waals surface area contributed by atoms with Crippen molar-refractivity contribution in [2.45, 2.75) is 12.5 Å². The van der Waals surface area contributed by atoms with Crippen LogP contribution in [0.5, 0.6) is 11.8 Å². The second-order valence-electron chi connectivity index (χ2n) is 4.49. The van der Waals surface area contributed by atoms with Crippen molar-refractivity contribution < 1.29 is 14.6 Å². The number of aliphatic hydroxyl groups is 1. The van der Waals surface area contributed by atoms with Gasteiger partial charge in [-0.3, -0.25) is 0 Å². The van der Waals surface area contributed by atoms with Gasteiger partial charge >= 0.3 is 0 Å². The van der Waals surface area contributed by atoms with Gasteiger partial charge < -0.3 is 19.9 Å². The molecule has 1 heterocycles. The predicted octanol–water partition coefficient (Wildman–Crippen LogP) is 1.51. The molecule has 0 aliphatic carbocycles. The molecule has 0 bridgehead atoms. The number of aromatic nitrogens is 2. The number of nitrogens with one attached hydrogen (secondary N) is 1. The lowest BCUT2D eigenvalue weighted by Crippen LogP contribution is -2.27. The SMILES string of the molecule is COc1cc(OC)nc(NC(CO)Cc2ccccc2)n1. The number of hydrogen-bond acceptors (Lipinski definition) is 6. The molecule has 0 spiro atoms. The molecule has 0 aliphatic rings. The number of aliphatic hydroxyl groups excluding tert-OH is 1. The molecule has 6 heteroatoms. The molecule has 0 amide bonds. The van der Waals surface area contributed by atoms with E-state index in [0.717, 1.165) is 5.56 Å². The van der Waals surface area contributed by atoms with E-state index in [9.17, 15) is 5.11 Å². The number of methoxy groups -OCH3 is 2. The summed E-state index contributed by atoms with van der Waals surface area (Å²) in [7, 11) is 3.05. The average Bonchev–Trinajstić information content (AvgIpc) is 2.54.